The molecule has 0 aliphatic rings. The van der Waals surface area contributed by atoms with E-state index in [0.29, 0.717) is 10.6 Å². The van der Waals surface area contributed by atoms with Crippen LogP contribution >= 0.6 is 11.6 Å². The van der Waals surface area contributed by atoms with Crippen LogP contribution in [-0.4, -0.2) is 25.6 Å². The molecule has 0 aromatic heterocycles. The van der Waals surface area contributed by atoms with E-state index in [2.05, 4.69) is 5.32 Å². The number of methoxy groups -OCH3 is 1. The Morgan fingerprint density at radius 3 is 2.62 bits per heavy atom. The van der Waals surface area contributed by atoms with Crippen molar-refractivity contribution in [1.82, 2.24) is 0 Å². The first kappa shape index (κ1) is 17.7. The molecule has 0 spiro atoms. The zero-order valence-electron chi connectivity index (χ0n) is 13.1. The molecular formula is C17H15ClFNO4. The van der Waals surface area contributed by atoms with E-state index < -0.39 is 24.3 Å². The zero-order chi connectivity index (χ0) is 17.7. The van der Waals surface area contributed by atoms with Gasteiger partial charge in [0.05, 0.1) is 7.11 Å². The van der Waals surface area contributed by atoms with Gasteiger partial charge < -0.3 is 14.8 Å². The van der Waals surface area contributed by atoms with Crippen LogP contribution in [0.1, 0.15) is 15.9 Å². The van der Waals surface area contributed by atoms with Crippen molar-refractivity contribution in [2.45, 2.75) is 6.92 Å². The van der Waals surface area contributed by atoms with Gasteiger partial charge in [0.2, 0.25) is 0 Å². The van der Waals surface area contributed by atoms with Crippen molar-refractivity contribution >= 4 is 29.2 Å². The highest BCUT2D eigenvalue weighted by Crippen LogP contribution is 2.23. The van der Waals surface area contributed by atoms with Crippen LogP contribution in [0, 0.1) is 12.7 Å². The monoisotopic (exact) mass is 351 g/mol. The lowest BCUT2D eigenvalue weighted by Crippen LogP contribution is -2.21. The first-order valence-corrected chi connectivity index (χ1v) is 7.35. The number of benzene rings is 2. The average molecular weight is 352 g/mol. The van der Waals surface area contributed by atoms with Crippen LogP contribution in [0.15, 0.2) is 36.4 Å². The van der Waals surface area contributed by atoms with Crippen molar-refractivity contribution in [3.8, 4) is 5.75 Å². The van der Waals surface area contributed by atoms with Crippen LogP contribution in [0.25, 0.3) is 0 Å². The maximum absolute atomic E-state index is 13.4. The van der Waals surface area contributed by atoms with Gasteiger partial charge in [-0.1, -0.05) is 17.7 Å². The molecule has 126 valence electrons. The first-order valence-electron chi connectivity index (χ1n) is 6.97. The SMILES string of the molecule is COc1ccc(Cl)cc1C(=O)OCC(=O)Nc1ccc(C)c(F)c1. The molecule has 2 aromatic carbocycles. The topological polar surface area (TPSA) is 64.6 Å². The highest BCUT2D eigenvalue weighted by atomic mass is 35.5. The predicted molar refractivity (Wildman–Crippen MR) is 88.1 cm³/mol. The molecule has 1 amide bonds. The van der Waals surface area contributed by atoms with Gasteiger partial charge in [0, 0.05) is 10.7 Å². The van der Waals surface area contributed by atoms with Crippen molar-refractivity contribution in [3.05, 3.63) is 58.4 Å². The van der Waals surface area contributed by atoms with Gasteiger partial charge >= 0.3 is 5.97 Å². The second-order valence-corrected chi connectivity index (χ2v) is 5.37. The standard InChI is InChI=1S/C17H15ClFNO4/c1-10-3-5-12(8-14(10)19)20-16(21)9-24-17(22)13-7-11(18)4-6-15(13)23-2/h3-8H,9H2,1-2H3,(H,20,21). The van der Waals surface area contributed by atoms with E-state index in [9.17, 15) is 14.0 Å². The fraction of sp³-hybridized carbons (Fsp3) is 0.176. The number of aryl methyl sites for hydroxylation is 1. The molecule has 0 aliphatic heterocycles. The Morgan fingerprint density at radius 2 is 1.96 bits per heavy atom. The number of anilines is 1. The minimum absolute atomic E-state index is 0.110. The van der Waals surface area contributed by atoms with Gasteiger partial charge in [0.25, 0.3) is 5.91 Å². The van der Waals surface area contributed by atoms with Gasteiger partial charge in [-0.3, -0.25) is 4.79 Å². The summed E-state index contributed by atoms with van der Waals surface area (Å²) in [6, 6.07) is 8.75. The number of rotatable bonds is 5. The zero-order valence-corrected chi connectivity index (χ0v) is 13.8. The van der Waals surface area contributed by atoms with E-state index in [4.69, 9.17) is 21.1 Å². The van der Waals surface area contributed by atoms with E-state index in [0.717, 1.165) is 0 Å². The number of hydrogen-bond acceptors (Lipinski definition) is 4. The van der Waals surface area contributed by atoms with Crippen LogP contribution in [0.3, 0.4) is 0 Å². The summed E-state index contributed by atoms with van der Waals surface area (Å²) >= 11 is 5.84. The van der Waals surface area contributed by atoms with Crippen LogP contribution in [0.2, 0.25) is 5.02 Å². The number of hydrogen-bond donors (Lipinski definition) is 1. The van der Waals surface area contributed by atoms with Crippen molar-refractivity contribution in [2.75, 3.05) is 19.0 Å². The van der Waals surface area contributed by atoms with Crippen molar-refractivity contribution in [2.24, 2.45) is 0 Å². The molecule has 0 radical (unpaired) electrons. The fourth-order valence-corrected chi connectivity index (χ4v) is 2.09. The van der Waals surface area contributed by atoms with Crippen molar-refractivity contribution in [3.63, 3.8) is 0 Å². The summed E-state index contributed by atoms with van der Waals surface area (Å²) in [5.41, 5.74) is 0.853. The summed E-state index contributed by atoms with van der Waals surface area (Å²) in [6.45, 7) is 1.09. The van der Waals surface area contributed by atoms with Crippen LogP contribution < -0.4 is 10.1 Å². The molecule has 0 heterocycles. The third-order valence-corrected chi connectivity index (χ3v) is 3.41. The van der Waals surface area contributed by atoms with E-state index >= 15 is 0 Å². The molecular weight excluding hydrogens is 337 g/mol. The molecule has 0 bridgehead atoms. The minimum Gasteiger partial charge on any atom is -0.496 e. The highest BCUT2D eigenvalue weighted by Gasteiger charge is 2.16. The summed E-state index contributed by atoms with van der Waals surface area (Å²) < 4.78 is 23.4. The lowest BCUT2D eigenvalue weighted by molar-refractivity contribution is -0.119. The number of nitrogens with one attached hydrogen (secondary N) is 1. The first-order chi connectivity index (χ1) is 11.4. The van der Waals surface area contributed by atoms with Crippen LogP contribution in [0.4, 0.5) is 10.1 Å². The maximum atomic E-state index is 13.4. The number of esters is 1. The molecule has 1 N–H and O–H groups in total. The van der Waals surface area contributed by atoms with Gasteiger partial charge in [-0.2, -0.15) is 0 Å². The quantitative estimate of drug-likeness (QED) is 0.836. The van der Waals surface area contributed by atoms with Crippen molar-refractivity contribution < 1.29 is 23.5 Å². The molecule has 0 saturated heterocycles. The smallest absolute Gasteiger partial charge is 0.342 e. The Bertz CT molecular complexity index is 779. The van der Waals surface area contributed by atoms with Crippen LogP contribution in [-0.2, 0) is 9.53 Å². The van der Waals surface area contributed by atoms with Gasteiger partial charge in [0.1, 0.15) is 17.1 Å². The fourth-order valence-electron chi connectivity index (χ4n) is 1.92. The largest absolute Gasteiger partial charge is 0.496 e. The Balaban J connectivity index is 1.97. The van der Waals surface area contributed by atoms with E-state index in [1.807, 2.05) is 0 Å². The molecule has 0 aliphatic carbocycles. The summed E-state index contributed by atoms with van der Waals surface area (Å²) in [6.07, 6.45) is 0. The number of amides is 1. The maximum Gasteiger partial charge on any atom is 0.342 e. The number of carbonyl (C=O) groups excluding carboxylic acids is 2. The highest BCUT2D eigenvalue weighted by molar-refractivity contribution is 6.31. The number of ether oxygens (including phenoxy) is 2. The molecule has 24 heavy (non-hydrogen) atoms. The van der Waals surface area contributed by atoms with Crippen LogP contribution in [0.5, 0.6) is 5.75 Å². The Morgan fingerprint density at radius 1 is 1.21 bits per heavy atom. The molecule has 0 saturated carbocycles. The van der Waals surface area contributed by atoms with Crippen molar-refractivity contribution in [1.29, 1.82) is 0 Å². The van der Waals surface area contributed by atoms with Gasteiger partial charge in [0.15, 0.2) is 6.61 Å². The predicted octanol–water partition coefficient (Wildman–Crippen LogP) is 3.59. The lowest BCUT2D eigenvalue weighted by atomic mass is 10.2. The summed E-state index contributed by atoms with van der Waals surface area (Å²) in [5, 5.41) is 2.78. The average Bonchev–Trinajstić information content (AvgIpc) is 2.56. The summed E-state index contributed by atoms with van der Waals surface area (Å²) in [4.78, 5) is 23.8. The van der Waals surface area contributed by atoms with E-state index in [1.165, 1.54) is 31.4 Å². The molecule has 2 rings (SSSR count). The molecule has 0 fully saturated rings. The molecule has 0 unspecified atom stereocenters. The molecule has 7 heteroatoms. The Kier molecular flexibility index (Phi) is 5.76. The lowest BCUT2D eigenvalue weighted by Gasteiger charge is -2.10. The second-order valence-electron chi connectivity index (χ2n) is 4.93. The van der Waals surface area contributed by atoms with Gasteiger partial charge in [-0.25, -0.2) is 9.18 Å². The normalized spacial score (nSPS) is 10.2. The molecule has 2 aromatic rings. The van der Waals surface area contributed by atoms with Gasteiger partial charge in [-0.05, 0) is 42.8 Å². The van der Waals surface area contributed by atoms with E-state index in [-0.39, 0.29) is 17.0 Å². The number of halogens is 2. The molecule has 0 atom stereocenters. The summed E-state index contributed by atoms with van der Waals surface area (Å²) in [7, 11) is 1.40. The minimum atomic E-state index is -0.750. The molecule has 5 nitrogen and oxygen atoms in total. The third kappa shape index (κ3) is 4.45. The Hall–Kier alpha value is -2.60. The number of carbonyl (C=O) groups is 2. The van der Waals surface area contributed by atoms with Gasteiger partial charge in [-0.15, -0.1) is 0 Å². The Labute approximate surface area is 143 Å². The van der Waals surface area contributed by atoms with E-state index in [1.54, 1.807) is 19.1 Å². The second kappa shape index (κ2) is 7.79. The summed E-state index contributed by atoms with van der Waals surface area (Å²) in [5.74, 6) is -1.49. The third-order valence-electron chi connectivity index (χ3n) is 3.17.